The van der Waals surface area contributed by atoms with Crippen molar-refractivity contribution in [3.8, 4) is 0 Å². The summed E-state index contributed by atoms with van der Waals surface area (Å²) in [7, 11) is 0. The molecule has 31 heavy (non-hydrogen) atoms. The van der Waals surface area contributed by atoms with Crippen molar-refractivity contribution in [1.82, 2.24) is 0 Å². The van der Waals surface area contributed by atoms with Crippen LogP contribution in [-0.4, -0.2) is 30.1 Å². The van der Waals surface area contributed by atoms with Gasteiger partial charge in [0, 0.05) is 17.4 Å². The van der Waals surface area contributed by atoms with Crippen LogP contribution in [0.3, 0.4) is 0 Å². The van der Waals surface area contributed by atoms with Gasteiger partial charge in [-0.3, -0.25) is 14.9 Å². The van der Waals surface area contributed by atoms with Crippen LogP contribution < -0.4 is 15.5 Å². The minimum Gasteiger partial charge on any atom is -0.444 e. The third-order valence-electron chi connectivity index (χ3n) is 4.51. The number of benzene rings is 2. The summed E-state index contributed by atoms with van der Waals surface area (Å²) < 4.78 is 19.8. The van der Waals surface area contributed by atoms with E-state index in [1.807, 2.05) is 18.2 Å². The van der Waals surface area contributed by atoms with Crippen LogP contribution >= 0.6 is 15.9 Å². The molecule has 1 aliphatic heterocycles. The van der Waals surface area contributed by atoms with Gasteiger partial charge in [0.05, 0.1) is 23.0 Å². The first-order valence-electron chi connectivity index (χ1n) is 9.69. The van der Waals surface area contributed by atoms with Crippen molar-refractivity contribution in [3.05, 3.63) is 52.8 Å². The first-order valence-corrected chi connectivity index (χ1v) is 10.5. The van der Waals surface area contributed by atoms with Crippen LogP contribution in [0.2, 0.25) is 0 Å². The number of anilines is 3. The average molecular weight is 492 g/mol. The lowest BCUT2D eigenvalue weighted by molar-refractivity contribution is -0.122. The molecular formula is C22H23BrFN3O4. The molecule has 3 rings (SSSR count). The van der Waals surface area contributed by atoms with Crippen LogP contribution in [0.25, 0.3) is 0 Å². The number of rotatable bonds is 4. The van der Waals surface area contributed by atoms with Gasteiger partial charge in [-0.15, -0.1) is 0 Å². The molecule has 2 aromatic carbocycles. The molecule has 2 aromatic rings. The van der Waals surface area contributed by atoms with E-state index in [1.54, 1.807) is 31.7 Å². The summed E-state index contributed by atoms with van der Waals surface area (Å²) >= 11 is 3.42. The van der Waals surface area contributed by atoms with Gasteiger partial charge in [-0.1, -0.05) is 12.1 Å². The summed E-state index contributed by atoms with van der Waals surface area (Å²) in [5, 5.41) is 5.14. The number of carbonyl (C=O) groups is 3. The van der Waals surface area contributed by atoms with E-state index in [9.17, 15) is 18.8 Å². The van der Waals surface area contributed by atoms with Crippen LogP contribution in [0.15, 0.2) is 46.9 Å². The zero-order valence-corrected chi connectivity index (χ0v) is 19.0. The van der Waals surface area contributed by atoms with E-state index in [1.165, 1.54) is 6.07 Å². The maximum absolute atomic E-state index is 13.8. The van der Waals surface area contributed by atoms with Gasteiger partial charge >= 0.3 is 6.09 Å². The van der Waals surface area contributed by atoms with Gasteiger partial charge in [0.2, 0.25) is 11.8 Å². The van der Waals surface area contributed by atoms with Crippen LogP contribution in [0.4, 0.5) is 26.2 Å². The lowest BCUT2D eigenvalue weighted by atomic mass is 10.1. The van der Waals surface area contributed by atoms with Gasteiger partial charge in [0.15, 0.2) is 0 Å². The predicted octanol–water partition coefficient (Wildman–Crippen LogP) is 4.93. The summed E-state index contributed by atoms with van der Waals surface area (Å²) in [6, 6.07) is 10.9. The molecule has 1 atom stereocenters. The van der Waals surface area contributed by atoms with Gasteiger partial charge < -0.3 is 15.0 Å². The lowest BCUT2D eigenvalue weighted by Crippen LogP contribution is -2.29. The molecule has 1 heterocycles. The molecule has 0 spiro atoms. The SMILES string of the molecule is CC(C)(C)OC(=O)Nc1ccc(F)cc1NC(=O)C1CC(=O)N(c2ccccc2Br)C1. The van der Waals surface area contributed by atoms with Gasteiger partial charge in [-0.25, -0.2) is 9.18 Å². The highest BCUT2D eigenvalue weighted by Gasteiger charge is 2.36. The van der Waals surface area contributed by atoms with Crippen LogP contribution in [0, 0.1) is 11.7 Å². The molecule has 9 heteroatoms. The Hall–Kier alpha value is -2.94. The van der Waals surface area contributed by atoms with E-state index >= 15 is 0 Å². The Bertz CT molecular complexity index is 1020. The molecule has 1 unspecified atom stereocenters. The first kappa shape index (κ1) is 22.7. The standard InChI is InChI=1S/C22H23BrFN3O4/c1-22(2,3)31-21(30)26-16-9-8-14(24)11-17(16)25-20(29)13-10-19(28)27(12-13)18-7-5-4-6-15(18)23/h4-9,11,13H,10,12H2,1-3H3,(H,25,29)(H,26,30). The Labute approximate surface area is 188 Å². The van der Waals surface area contributed by atoms with Gasteiger partial charge in [-0.05, 0) is 67.0 Å². The summed E-state index contributed by atoms with van der Waals surface area (Å²) in [5.41, 5.74) is 0.242. The first-order chi connectivity index (χ1) is 14.5. The Balaban J connectivity index is 1.73. The number of carbonyl (C=O) groups excluding carboxylic acids is 3. The molecule has 1 aliphatic rings. The Kier molecular flexibility index (Phi) is 6.64. The second-order valence-corrected chi connectivity index (χ2v) is 9.02. The van der Waals surface area contributed by atoms with E-state index < -0.39 is 29.3 Å². The Morgan fingerprint density at radius 2 is 1.84 bits per heavy atom. The zero-order chi connectivity index (χ0) is 22.8. The summed E-state index contributed by atoms with van der Waals surface area (Å²) in [6.45, 7) is 5.34. The largest absolute Gasteiger partial charge is 0.444 e. The van der Waals surface area contributed by atoms with Crippen molar-refractivity contribution < 1.29 is 23.5 Å². The molecule has 1 fully saturated rings. The molecule has 2 N–H and O–H groups in total. The predicted molar refractivity (Wildman–Crippen MR) is 119 cm³/mol. The number of hydrogen-bond donors (Lipinski definition) is 2. The van der Waals surface area contributed by atoms with E-state index in [4.69, 9.17) is 4.74 Å². The molecule has 0 aromatic heterocycles. The fraction of sp³-hybridized carbons (Fsp3) is 0.318. The maximum atomic E-state index is 13.8. The summed E-state index contributed by atoms with van der Waals surface area (Å²) in [6.07, 6.45) is -0.706. The highest BCUT2D eigenvalue weighted by molar-refractivity contribution is 9.10. The number of nitrogens with one attached hydrogen (secondary N) is 2. The van der Waals surface area contributed by atoms with Gasteiger partial charge in [0.1, 0.15) is 11.4 Å². The lowest BCUT2D eigenvalue weighted by Gasteiger charge is -2.21. The fourth-order valence-corrected chi connectivity index (χ4v) is 3.66. The molecular weight excluding hydrogens is 469 g/mol. The maximum Gasteiger partial charge on any atom is 0.412 e. The minimum atomic E-state index is -0.731. The second kappa shape index (κ2) is 9.05. The smallest absolute Gasteiger partial charge is 0.412 e. The number of halogens is 2. The fourth-order valence-electron chi connectivity index (χ4n) is 3.16. The summed E-state index contributed by atoms with van der Waals surface area (Å²) in [5.74, 6) is -1.83. The van der Waals surface area contributed by atoms with Gasteiger partial charge in [0.25, 0.3) is 0 Å². The highest BCUT2D eigenvalue weighted by Crippen LogP contribution is 2.32. The number of ether oxygens (including phenoxy) is 1. The number of para-hydroxylation sites is 1. The van der Waals surface area contributed by atoms with Crippen molar-refractivity contribution in [1.29, 1.82) is 0 Å². The number of hydrogen-bond acceptors (Lipinski definition) is 4. The van der Waals surface area contributed by atoms with Gasteiger partial charge in [-0.2, -0.15) is 0 Å². The summed E-state index contributed by atoms with van der Waals surface area (Å²) in [4.78, 5) is 38.9. The Morgan fingerprint density at radius 1 is 1.13 bits per heavy atom. The normalized spacial score (nSPS) is 16.2. The van der Waals surface area contributed by atoms with Crippen molar-refractivity contribution in [3.63, 3.8) is 0 Å². The number of amides is 3. The molecule has 0 bridgehead atoms. The zero-order valence-electron chi connectivity index (χ0n) is 17.4. The van der Waals surface area contributed by atoms with Crippen LogP contribution in [0.5, 0.6) is 0 Å². The van der Waals surface area contributed by atoms with Crippen molar-refractivity contribution in [2.75, 3.05) is 22.1 Å². The third kappa shape index (κ3) is 5.81. The minimum absolute atomic E-state index is 0.0251. The monoisotopic (exact) mass is 491 g/mol. The van der Waals surface area contributed by atoms with E-state index in [0.717, 1.165) is 16.6 Å². The molecule has 164 valence electrons. The van der Waals surface area contributed by atoms with Crippen molar-refractivity contribution in [2.24, 2.45) is 5.92 Å². The molecule has 7 nitrogen and oxygen atoms in total. The van der Waals surface area contributed by atoms with Crippen molar-refractivity contribution in [2.45, 2.75) is 32.8 Å². The molecule has 0 radical (unpaired) electrons. The topological polar surface area (TPSA) is 87.7 Å². The molecule has 0 aliphatic carbocycles. The Morgan fingerprint density at radius 3 is 2.52 bits per heavy atom. The second-order valence-electron chi connectivity index (χ2n) is 8.16. The number of nitrogens with zero attached hydrogens (tertiary/aromatic N) is 1. The molecule has 1 saturated heterocycles. The van der Waals surface area contributed by atoms with Crippen LogP contribution in [0.1, 0.15) is 27.2 Å². The molecule has 0 saturated carbocycles. The van der Waals surface area contributed by atoms with Crippen molar-refractivity contribution >= 4 is 50.9 Å². The van der Waals surface area contributed by atoms with E-state index in [2.05, 4.69) is 26.6 Å². The molecule has 3 amide bonds. The quantitative estimate of drug-likeness (QED) is 0.634. The highest BCUT2D eigenvalue weighted by atomic mass is 79.9. The van der Waals surface area contributed by atoms with E-state index in [-0.39, 0.29) is 30.2 Å². The third-order valence-corrected chi connectivity index (χ3v) is 5.18. The van der Waals surface area contributed by atoms with Crippen LogP contribution in [-0.2, 0) is 14.3 Å². The van der Waals surface area contributed by atoms with E-state index in [0.29, 0.717) is 5.69 Å². The average Bonchev–Trinajstić information content (AvgIpc) is 3.04.